The number of hydrogen-bond acceptors (Lipinski definition) is 4. The van der Waals surface area contributed by atoms with E-state index in [9.17, 15) is 9.59 Å². The van der Waals surface area contributed by atoms with Crippen molar-refractivity contribution >= 4 is 11.9 Å². The van der Waals surface area contributed by atoms with Crippen LogP contribution in [-0.4, -0.2) is 30.3 Å². The summed E-state index contributed by atoms with van der Waals surface area (Å²) in [5, 5.41) is 8.24. The highest BCUT2D eigenvalue weighted by atomic mass is 16.6. The van der Waals surface area contributed by atoms with Gasteiger partial charge in [-0.05, 0) is 12.1 Å². The second-order valence-corrected chi connectivity index (χ2v) is 2.67. The Kier molecular flexibility index (Phi) is 4.30. The van der Waals surface area contributed by atoms with Crippen molar-refractivity contribution in [1.29, 1.82) is 0 Å². The molecule has 0 amide bonds. The van der Waals surface area contributed by atoms with Gasteiger partial charge in [0.05, 0.1) is 0 Å². The monoisotopic (exact) mass is 210 g/mol. The zero-order valence-electron chi connectivity index (χ0n) is 7.88. The molecule has 0 fully saturated rings. The van der Waals surface area contributed by atoms with E-state index in [4.69, 9.17) is 9.84 Å². The first-order valence-electron chi connectivity index (χ1n) is 4.24. The van der Waals surface area contributed by atoms with Crippen molar-refractivity contribution in [3.8, 4) is 5.75 Å². The summed E-state index contributed by atoms with van der Waals surface area (Å²) in [5.74, 6) is -1.34. The highest BCUT2D eigenvalue weighted by Crippen LogP contribution is 2.08. The molecule has 0 aliphatic heterocycles. The number of rotatable bonds is 5. The molecule has 0 spiro atoms. The van der Waals surface area contributed by atoms with Crippen LogP contribution < -0.4 is 4.74 Å². The maximum absolute atomic E-state index is 11.1. The number of benzene rings is 1. The van der Waals surface area contributed by atoms with Crippen LogP contribution in [0.3, 0.4) is 0 Å². The van der Waals surface area contributed by atoms with Gasteiger partial charge in [-0.2, -0.15) is 0 Å². The van der Waals surface area contributed by atoms with Gasteiger partial charge in [-0.1, -0.05) is 18.2 Å². The van der Waals surface area contributed by atoms with Crippen LogP contribution >= 0.6 is 0 Å². The van der Waals surface area contributed by atoms with E-state index in [-0.39, 0.29) is 6.61 Å². The van der Waals surface area contributed by atoms with Crippen molar-refractivity contribution in [1.82, 2.24) is 0 Å². The molecule has 1 rings (SSSR count). The summed E-state index contributed by atoms with van der Waals surface area (Å²) < 4.78 is 9.39. The van der Waals surface area contributed by atoms with Crippen LogP contribution in [0.2, 0.25) is 0 Å². The predicted molar refractivity (Wildman–Crippen MR) is 50.5 cm³/mol. The fraction of sp³-hybridized carbons (Fsp3) is 0.200. The van der Waals surface area contributed by atoms with Crippen molar-refractivity contribution in [3.05, 3.63) is 30.3 Å². The summed E-state index contributed by atoms with van der Waals surface area (Å²) in [5.41, 5.74) is 0. The third-order valence-electron chi connectivity index (χ3n) is 1.42. The fourth-order valence-electron chi connectivity index (χ4n) is 0.871. The van der Waals surface area contributed by atoms with E-state index < -0.39 is 18.5 Å². The summed E-state index contributed by atoms with van der Waals surface area (Å²) in [6.45, 7) is -0.884. The van der Waals surface area contributed by atoms with Gasteiger partial charge in [-0.15, -0.1) is 0 Å². The molecule has 0 bridgehead atoms. The molecular weight excluding hydrogens is 200 g/mol. The minimum Gasteiger partial charge on any atom is -0.480 e. The Morgan fingerprint density at radius 3 is 2.40 bits per heavy atom. The molecular formula is C10H10O5. The lowest BCUT2D eigenvalue weighted by atomic mass is 10.3. The van der Waals surface area contributed by atoms with Gasteiger partial charge in [-0.25, -0.2) is 9.59 Å². The number of para-hydroxylation sites is 1. The summed E-state index contributed by atoms with van der Waals surface area (Å²) in [6, 6.07) is 8.48. The average molecular weight is 210 g/mol. The van der Waals surface area contributed by atoms with Crippen molar-refractivity contribution in [2.75, 3.05) is 13.2 Å². The smallest absolute Gasteiger partial charge is 0.337 e. The van der Waals surface area contributed by atoms with Gasteiger partial charge in [0, 0.05) is 0 Å². The van der Waals surface area contributed by atoms with Crippen molar-refractivity contribution < 1.29 is 24.2 Å². The number of ether oxygens (including phenoxy) is 2. The zero-order chi connectivity index (χ0) is 11.1. The predicted octanol–water partition coefficient (Wildman–Crippen LogP) is 0.693. The van der Waals surface area contributed by atoms with Crippen LogP contribution in [0.5, 0.6) is 5.75 Å². The molecule has 1 N–H and O–H groups in total. The molecule has 0 aliphatic rings. The first kappa shape index (κ1) is 11.2. The molecule has 0 heterocycles. The molecule has 0 aliphatic carbocycles. The Morgan fingerprint density at radius 1 is 1.13 bits per heavy atom. The van der Waals surface area contributed by atoms with Gasteiger partial charge in [0.2, 0.25) is 0 Å². The molecule has 0 unspecified atom stereocenters. The van der Waals surface area contributed by atoms with Gasteiger partial charge in [0.15, 0.2) is 0 Å². The van der Waals surface area contributed by atoms with Crippen LogP contribution in [0.4, 0.5) is 0 Å². The standard InChI is InChI=1S/C10H10O5/c11-9(12)6-14-7-10(13)15-8-4-2-1-3-5-8/h1-5H,6-7H2,(H,11,12). The van der Waals surface area contributed by atoms with Crippen molar-refractivity contribution in [2.24, 2.45) is 0 Å². The highest BCUT2D eigenvalue weighted by Gasteiger charge is 2.05. The van der Waals surface area contributed by atoms with E-state index in [1.165, 1.54) is 0 Å². The van der Waals surface area contributed by atoms with Crippen LogP contribution in [-0.2, 0) is 14.3 Å². The quantitative estimate of drug-likeness (QED) is 0.571. The van der Waals surface area contributed by atoms with Crippen molar-refractivity contribution in [3.63, 3.8) is 0 Å². The lowest BCUT2D eigenvalue weighted by Crippen LogP contribution is -2.18. The fourth-order valence-corrected chi connectivity index (χ4v) is 0.871. The number of carboxylic acids is 1. The molecule has 0 saturated heterocycles. The van der Waals surface area contributed by atoms with Crippen LogP contribution in [0, 0.1) is 0 Å². The molecule has 0 saturated carbocycles. The van der Waals surface area contributed by atoms with Gasteiger partial charge in [-0.3, -0.25) is 0 Å². The minimum absolute atomic E-state index is 0.374. The number of carbonyl (C=O) groups is 2. The van der Waals surface area contributed by atoms with Crippen molar-refractivity contribution in [2.45, 2.75) is 0 Å². The van der Waals surface area contributed by atoms with Crippen LogP contribution in [0.25, 0.3) is 0 Å². The lowest BCUT2D eigenvalue weighted by molar-refractivity contribution is -0.147. The Labute approximate surface area is 86.2 Å². The number of aliphatic carboxylic acids is 1. The average Bonchev–Trinajstić information content (AvgIpc) is 2.18. The highest BCUT2D eigenvalue weighted by molar-refractivity contribution is 5.74. The third kappa shape index (κ3) is 4.78. The molecule has 5 nitrogen and oxygen atoms in total. The Balaban J connectivity index is 2.28. The van der Waals surface area contributed by atoms with Crippen LogP contribution in [0.15, 0.2) is 30.3 Å². The van der Waals surface area contributed by atoms with E-state index in [0.29, 0.717) is 5.75 Å². The van der Waals surface area contributed by atoms with E-state index in [2.05, 4.69) is 4.74 Å². The topological polar surface area (TPSA) is 72.8 Å². The largest absolute Gasteiger partial charge is 0.480 e. The molecule has 1 aromatic carbocycles. The maximum Gasteiger partial charge on any atom is 0.337 e. The maximum atomic E-state index is 11.1. The molecule has 1 aromatic rings. The van der Waals surface area contributed by atoms with E-state index in [0.717, 1.165) is 0 Å². The molecule has 5 heteroatoms. The summed E-state index contributed by atoms with van der Waals surface area (Å²) in [7, 11) is 0. The molecule has 0 atom stereocenters. The number of hydrogen-bond donors (Lipinski definition) is 1. The Bertz CT molecular complexity index is 333. The zero-order valence-corrected chi connectivity index (χ0v) is 7.88. The van der Waals surface area contributed by atoms with E-state index in [1.54, 1.807) is 30.3 Å². The first-order chi connectivity index (χ1) is 7.18. The first-order valence-corrected chi connectivity index (χ1v) is 4.24. The number of carboxylic acid groups (broad SMARTS) is 1. The molecule has 80 valence electrons. The van der Waals surface area contributed by atoms with Gasteiger partial charge in [0.25, 0.3) is 0 Å². The number of carbonyl (C=O) groups excluding carboxylic acids is 1. The second-order valence-electron chi connectivity index (χ2n) is 2.67. The summed E-state index contributed by atoms with van der Waals surface area (Å²) >= 11 is 0. The number of esters is 1. The van der Waals surface area contributed by atoms with Gasteiger partial charge >= 0.3 is 11.9 Å². The van der Waals surface area contributed by atoms with Crippen LogP contribution in [0.1, 0.15) is 0 Å². The van der Waals surface area contributed by atoms with Gasteiger partial charge < -0.3 is 14.6 Å². The molecule has 0 radical (unpaired) electrons. The second kappa shape index (κ2) is 5.77. The SMILES string of the molecule is O=C(O)COCC(=O)Oc1ccccc1. The van der Waals surface area contributed by atoms with E-state index >= 15 is 0 Å². The lowest BCUT2D eigenvalue weighted by Gasteiger charge is -2.03. The molecule has 15 heavy (non-hydrogen) atoms. The molecule has 0 aromatic heterocycles. The summed E-state index contributed by atoms with van der Waals surface area (Å²) in [6.07, 6.45) is 0. The summed E-state index contributed by atoms with van der Waals surface area (Å²) in [4.78, 5) is 21.1. The normalized spacial score (nSPS) is 9.60. The Morgan fingerprint density at radius 2 is 1.80 bits per heavy atom. The third-order valence-corrected chi connectivity index (χ3v) is 1.42. The van der Waals surface area contributed by atoms with Gasteiger partial charge in [0.1, 0.15) is 19.0 Å². The van der Waals surface area contributed by atoms with E-state index in [1.807, 2.05) is 0 Å². The minimum atomic E-state index is -1.12. The Hall–Kier alpha value is -1.88.